The molecule has 130 valence electrons. The third-order valence-electron chi connectivity index (χ3n) is 2.81. The van der Waals surface area contributed by atoms with Crippen molar-refractivity contribution in [1.29, 1.82) is 0 Å². The van der Waals surface area contributed by atoms with Gasteiger partial charge in [-0.2, -0.15) is 0 Å². The van der Waals surface area contributed by atoms with Crippen molar-refractivity contribution in [3.8, 4) is 0 Å². The number of nitrogens with zero attached hydrogens (tertiary/aromatic N) is 1. The van der Waals surface area contributed by atoms with E-state index in [2.05, 4.69) is 10.3 Å². The second-order valence-corrected chi connectivity index (χ2v) is 5.54. The van der Waals surface area contributed by atoms with Crippen molar-refractivity contribution in [2.45, 2.75) is 38.8 Å². The number of nitrogens with two attached hydrogens (primary N) is 1. The molecule has 0 saturated carbocycles. The standard InChI is InChI=1S/C14H19Cl2N3O3.ClH/c1-9(20)18-11(4-2-3-5-17)14(21)22-8-10-6-12(15)19-13(16)7-10;/h6-7,11H,2-5,8,17H2,1H3,(H,18,20);1H/t11-;/m0./s1. The van der Waals surface area contributed by atoms with E-state index in [0.717, 1.165) is 12.8 Å². The maximum absolute atomic E-state index is 12.1. The highest BCUT2D eigenvalue weighted by molar-refractivity contribution is 6.32. The lowest BCUT2D eigenvalue weighted by atomic mass is 10.1. The summed E-state index contributed by atoms with van der Waals surface area (Å²) in [5.41, 5.74) is 6.05. The summed E-state index contributed by atoms with van der Waals surface area (Å²) in [7, 11) is 0. The number of ether oxygens (including phenoxy) is 1. The van der Waals surface area contributed by atoms with E-state index in [-0.39, 0.29) is 35.2 Å². The Labute approximate surface area is 151 Å². The molecule has 0 fully saturated rings. The lowest BCUT2D eigenvalue weighted by Gasteiger charge is -2.16. The van der Waals surface area contributed by atoms with Crippen LogP contribution in [0.5, 0.6) is 0 Å². The van der Waals surface area contributed by atoms with Crippen LogP contribution in [0.4, 0.5) is 0 Å². The molecule has 0 aliphatic carbocycles. The smallest absolute Gasteiger partial charge is 0.328 e. The molecule has 0 aliphatic heterocycles. The molecule has 1 rings (SSSR count). The highest BCUT2D eigenvalue weighted by Gasteiger charge is 2.20. The number of carbonyl (C=O) groups is 2. The average molecular weight is 385 g/mol. The summed E-state index contributed by atoms with van der Waals surface area (Å²) in [6.07, 6.45) is 1.98. The Morgan fingerprint density at radius 2 is 1.91 bits per heavy atom. The summed E-state index contributed by atoms with van der Waals surface area (Å²) in [5, 5.41) is 3.02. The molecule has 0 saturated heterocycles. The molecular weight excluding hydrogens is 365 g/mol. The first-order chi connectivity index (χ1) is 10.4. The highest BCUT2D eigenvalue weighted by atomic mass is 35.5. The summed E-state index contributed by atoms with van der Waals surface area (Å²) >= 11 is 11.6. The topological polar surface area (TPSA) is 94.3 Å². The number of amides is 1. The number of carbonyl (C=O) groups excluding carboxylic acids is 2. The zero-order valence-corrected chi connectivity index (χ0v) is 15.0. The lowest BCUT2D eigenvalue weighted by molar-refractivity contribution is -0.149. The van der Waals surface area contributed by atoms with Gasteiger partial charge in [0.1, 0.15) is 23.0 Å². The van der Waals surface area contributed by atoms with Gasteiger partial charge >= 0.3 is 5.97 Å². The third-order valence-corrected chi connectivity index (χ3v) is 3.20. The summed E-state index contributed by atoms with van der Waals surface area (Å²) in [5.74, 6) is -0.791. The number of nitrogens with one attached hydrogen (secondary N) is 1. The SMILES string of the molecule is CC(=O)N[C@@H](CCCCN)C(=O)OCc1cc(Cl)nc(Cl)c1.Cl. The van der Waals surface area contributed by atoms with Gasteiger partial charge in [0.15, 0.2) is 0 Å². The molecule has 0 spiro atoms. The van der Waals surface area contributed by atoms with Crippen LogP contribution in [0, 0.1) is 0 Å². The van der Waals surface area contributed by atoms with Crippen LogP contribution in [-0.2, 0) is 20.9 Å². The molecule has 1 aromatic heterocycles. The first kappa shape index (κ1) is 21.9. The predicted octanol–water partition coefficient (Wildman–Crippen LogP) is 2.49. The Morgan fingerprint density at radius 1 is 1.30 bits per heavy atom. The van der Waals surface area contributed by atoms with Crippen LogP contribution in [0.15, 0.2) is 12.1 Å². The van der Waals surface area contributed by atoms with Gasteiger partial charge in [0.05, 0.1) is 0 Å². The van der Waals surface area contributed by atoms with Crippen LogP contribution in [0.2, 0.25) is 10.3 Å². The van der Waals surface area contributed by atoms with Crippen molar-refractivity contribution < 1.29 is 14.3 Å². The molecule has 3 N–H and O–H groups in total. The normalized spacial score (nSPS) is 11.3. The van der Waals surface area contributed by atoms with Crippen molar-refractivity contribution in [2.75, 3.05) is 6.54 Å². The lowest BCUT2D eigenvalue weighted by Crippen LogP contribution is -2.40. The van der Waals surface area contributed by atoms with Crippen molar-refractivity contribution in [3.05, 3.63) is 28.0 Å². The molecule has 0 bridgehead atoms. The van der Waals surface area contributed by atoms with Crippen LogP contribution in [0.1, 0.15) is 31.7 Å². The van der Waals surface area contributed by atoms with Crippen LogP contribution < -0.4 is 11.1 Å². The number of pyridine rings is 1. The Kier molecular flexibility index (Phi) is 10.9. The number of hydrogen-bond acceptors (Lipinski definition) is 5. The van der Waals surface area contributed by atoms with Crippen LogP contribution in [0.25, 0.3) is 0 Å². The fourth-order valence-electron chi connectivity index (χ4n) is 1.84. The van der Waals surface area contributed by atoms with E-state index >= 15 is 0 Å². The molecule has 1 heterocycles. The monoisotopic (exact) mass is 383 g/mol. The van der Waals surface area contributed by atoms with Crippen molar-refractivity contribution in [1.82, 2.24) is 10.3 Å². The highest BCUT2D eigenvalue weighted by Crippen LogP contribution is 2.15. The minimum absolute atomic E-state index is 0. The number of rotatable bonds is 8. The molecule has 0 aliphatic rings. The molecule has 0 aromatic carbocycles. The average Bonchev–Trinajstić information content (AvgIpc) is 2.42. The van der Waals surface area contributed by atoms with E-state index in [1.54, 1.807) is 12.1 Å². The molecular formula is C14H20Cl3N3O3. The van der Waals surface area contributed by atoms with Gasteiger partial charge in [-0.05, 0) is 43.5 Å². The van der Waals surface area contributed by atoms with Crippen molar-refractivity contribution >= 4 is 47.5 Å². The van der Waals surface area contributed by atoms with Gasteiger partial charge in [0, 0.05) is 6.92 Å². The predicted molar refractivity (Wildman–Crippen MR) is 91.8 cm³/mol. The first-order valence-corrected chi connectivity index (χ1v) is 7.63. The maximum Gasteiger partial charge on any atom is 0.328 e. The van der Waals surface area contributed by atoms with E-state index in [1.807, 2.05) is 0 Å². The van der Waals surface area contributed by atoms with E-state index < -0.39 is 12.0 Å². The second kappa shape index (κ2) is 11.5. The molecule has 1 atom stereocenters. The molecule has 6 nitrogen and oxygen atoms in total. The summed E-state index contributed by atoms with van der Waals surface area (Å²) in [6.45, 7) is 1.90. The number of hydrogen-bond donors (Lipinski definition) is 2. The molecule has 0 unspecified atom stereocenters. The molecule has 1 amide bonds. The number of unbranched alkanes of at least 4 members (excludes halogenated alkanes) is 1. The zero-order valence-electron chi connectivity index (χ0n) is 12.7. The summed E-state index contributed by atoms with van der Waals surface area (Å²) in [6, 6.07) is 2.43. The summed E-state index contributed by atoms with van der Waals surface area (Å²) in [4.78, 5) is 27.0. The van der Waals surface area contributed by atoms with E-state index in [9.17, 15) is 9.59 Å². The number of halogens is 3. The van der Waals surface area contributed by atoms with Gasteiger partial charge in [-0.25, -0.2) is 9.78 Å². The minimum Gasteiger partial charge on any atom is -0.459 e. The Balaban J connectivity index is 0.00000484. The van der Waals surface area contributed by atoms with Gasteiger partial charge in [0.2, 0.25) is 5.91 Å². The third kappa shape index (κ3) is 8.95. The van der Waals surface area contributed by atoms with Crippen molar-refractivity contribution in [3.63, 3.8) is 0 Å². The molecule has 0 radical (unpaired) electrons. The van der Waals surface area contributed by atoms with Gasteiger partial charge in [-0.3, -0.25) is 4.79 Å². The minimum atomic E-state index is -0.683. The van der Waals surface area contributed by atoms with Crippen LogP contribution in [0.3, 0.4) is 0 Å². The molecule has 1 aromatic rings. The van der Waals surface area contributed by atoms with Crippen LogP contribution in [-0.4, -0.2) is 29.4 Å². The van der Waals surface area contributed by atoms with Gasteiger partial charge in [-0.15, -0.1) is 12.4 Å². The first-order valence-electron chi connectivity index (χ1n) is 6.88. The van der Waals surface area contributed by atoms with Gasteiger partial charge < -0.3 is 15.8 Å². The number of aromatic nitrogens is 1. The number of esters is 1. The molecule has 9 heteroatoms. The fraction of sp³-hybridized carbons (Fsp3) is 0.500. The molecule has 23 heavy (non-hydrogen) atoms. The quantitative estimate of drug-likeness (QED) is 0.408. The van der Waals surface area contributed by atoms with Gasteiger partial charge in [-0.1, -0.05) is 23.2 Å². The Hall–Kier alpha value is -1.08. The van der Waals surface area contributed by atoms with E-state index in [0.29, 0.717) is 18.5 Å². The van der Waals surface area contributed by atoms with E-state index in [1.165, 1.54) is 6.92 Å². The Morgan fingerprint density at radius 3 is 2.43 bits per heavy atom. The fourth-order valence-corrected chi connectivity index (χ4v) is 2.35. The maximum atomic E-state index is 12.1. The van der Waals surface area contributed by atoms with E-state index in [4.69, 9.17) is 33.7 Å². The van der Waals surface area contributed by atoms with Gasteiger partial charge in [0.25, 0.3) is 0 Å². The van der Waals surface area contributed by atoms with Crippen LogP contribution >= 0.6 is 35.6 Å². The van der Waals surface area contributed by atoms with Crippen molar-refractivity contribution in [2.24, 2.45) is 5.73 Å². The summed E-state index contributed by atoms with van der Waals surface area (Å²) < 4.78 is 5.20. The Bertz CT molecular complexity index is 509. The largest absolute Gasteiger partial charge is 0.459 e. The zero-order chi connectivity index (χ0) is 16.5. The second-order valence-electron chi connectivity index (χ2n) is 4.77.